The topological polar surface area (TPSA) is 84.2 Å². The third-order valence-corrected chi connectivity index (χ3v) is 5.05. The third kappa shape index (κ3) is 4.86. The summed E-state index contributed by atoms with van der Waals surface area (Å²) in [4.78, 5) is 3.80. The number of hydrogen-bond acceptors (Lipinski definition) is 5. The Kier molecular flexibility index (Phi) is 7.38. The Morgan fingerprint density at radius 3 is 2.37 bits per heavy atom. The second kappa shape index (κ2) is 8.96. The quantitative estimate of drug-likeness (QED) is 0.444. The predicted octanol–water partition coefficient (Wildman–Crippen LogP) is 1.15. The number of ether oxygens (including phenoxy) is 1. The summed E-state index contributed by atoms with van der Waals surface area (Å²) in [5.41, 5.74) is 1.88. The maximum absolute atomic E-state index is 11.1. The first-order chi connectivity index (χ1) is 12.3. The number of nitrogens with zero attached hydrogens (tertiary/aromatic N) is 2. The van der Waals surface area contributed by atoms with Crippen LogP contribution in [0.5, 0.6) is 5.75 Å². The Labute approximate surface area is 189 Å². The smallest absolute Gasteiger partial charge is 0.744 e. The van der Waals surface area contributed by atoms with E-state index in [0.29, 0.717) is 34.3 Å². The molecule has 0 N–H and O–H groups in total. The van der Waals surface area contributed by atoms with Crippen molar-refractivity contribution in [2.45, 2.75) is 11.8 Å². The summed E-state index contributed by atoms with van der Waals surface area (Å²) in [6.07, 6.45) is 1.50. The van der Waals surface area contributed by atoms with Crippen molar-refractivity contribution in [1.82, 2.24) is 9.55 Å². The van der Waals surface area contributed by atoms with Gasteiger partial charge in [0.15, 0.2) is 5.15 Å². The van der Waals surface area contributed by atoms with Crippen molar-refractivity contribution < 1.29 is 47.3 Å². The number of imidazole rings is 1. The maximum atomic E-state index is 11.1. The summed E-state index contributed by atoms with van der Waals surface area (Å²) >= 11 is 12.5. The molecular weight excluding hydrogens is 422 g/mol. The molecule has 0 saturated heterocycles. The van der Waals surface area contributed by atoms with E-state index in [1.165, 1.54) is 30.6 Å². The maximum Gasteiger partial charge on any atom is 1.00 e. The van der Waals surface area contributed by atoms with Crippen LogP contribution in [-0.2, 0) is 10.1 Å². The number of rotatable bonds is 5. The minimum atomic E-state index is -4.51. The Morgan fingerprint density at radius 1 is 1.15 bits per heavy atom. The van der Waals surface area contributed by atoms with Crippen molar-refractivity contribution >= 4 is 33.3 Å². The van der Waals surface area contributed by atoms with Gasteiger partial charge in [-0.1, -0.05) is 23.2 Å². The minimum Gasteiger partial charge on any atom is -0.744 e. The molecule has 1 heterocycles. The molecule has 10 heteroatoms. The van der Waals surface area contributed by atoms with Crippen molar-refractivity contribution in [1.29, 1.82) is 0 Å². The van der Waals surface area contributed by atoms with Gasteiger partial charge in [0.25, 0.3) is 0 Å². The Morgan fingerprint density at radius 2 is 1.81 bits per heavy atom. The molecule has 27 heavy (non-hydrogen) atoms. The average molecular weight is 435 g/mol. The molecule has 0 aliphatic rings. The summed E-state index contributed by atoms with van der Waals surface area (Å²) in [5.74, 6) is 0.560. The van der Waals surface area contributed by atoms with Crippen molar-refractivity contribution in [3.05, 3.63) is 59.0 Å². The first-order valence-corrected chi connectivity index (χ1v) is 9.69. The van der Waals surface area contributed by atoms with Gasteiger partial charge < -0.3 is 9.29 Å². The zero-order valence-electron chi connectivity index (χ0n) is 14.5. The van der Waals surface area contributed by atoms with E-state index in [4.69, 9.17) is 27.9 Å². The van der Waals surface area contributed by atoms with Crippen LogP contribution in [0.3, 0.4) is 0 Å². The Balaban J connectivity index is 0.00000261. The van der Waals surface area contributed by atoms with E-state index in [9.17, 15) is 13.0 Å². The molecule has 0 bridgehead atoms. The molecule has 0 aliphatic carbocycles. The van der Waals surface area contributed by atoms with Crippen molar-refractivity contribution in [2.75, 3.05) is 6.61 Å². The number of benzene rings is 2. The van der Waals surface area contributed by atoms with Crippen molar-refractivity contribution in [2.24, 2.45) is 0 Å². The summed E-state index contributed by atoms with van der Waals surface area (Å²) in [7, 11) is -4.51. The van der Waals surface area contributed by atoms with Gasteiger partial charge in [0.2, 0.25) is 0 Å². The molecule has 0 aliphatic heterocycles. The molecule has 136 valence electrons. The molecule has 0 radical (unpaired) electrons. The zero-order valence-corrected chi connectivity index (χ0v) is 18.8. The van der Waals surface area contributed by atoms with E-state index in [-0.39, 0.29) is 39.6 Å². The van der Waals surface area contributed by atoms with Gasteiger partial charge in [-0.15, -0.1) is 0 Å². The van der Waals surface area contributed by atoms with E-state index < -0.39 is 10.1 Å². The van der Waals surface area contributed by atoms with Gasteiger partial charge in [-0.05, 0) is 49.4 Å². The summed E-state index contributed by atoms with van der Waals surface area (Å²) in [5, 5.41) is 0.687. The van der Waals surface area contributed by atoms with E-state index in [2.05, 4.69) is 4.98 Å². The van der Waals surface area contributed by atoms with Crippen LogP contribution in [0.15, 0.2) is 53.7 Å². The zero-order chi connectivity index (χ0) is 18.9. The molecule has 3 rings (SSSR count). The second-order valence-corrected chi connectivity index (χ2v) is 7.43. The molecule has 0 atom stereocenters. The fourth-order valence-corrected chi connectivity index (χ4v) is 3.42. The van der Waals surface area contributed by atoms with Gasteiger partial charge in [-0.2, -0.15) is 0 Å². The average Bonchev–Trinajstić information content (AvgIpc) is 2.98. The van der Waals surface area contributed by atoms with E-state index in [0.717, 1.165) is 0 Å². The number of halogens is 2. The van der Waals surface area contributed by atoms with Gasteiger partial charge >= 0.3 is 29.6 Å². The molecule has 0 amide bonds. The minimum absolute atomic E-state index is 0. The monoisotopic (exact) mass is 434 g/mol. The molecule has 0 saturated carbocycles. The van der Waals surface area contributed by atoms with Crippen molar-refractivity contribution in [3.8, 4) is 22.7 Å². The SMILES string of the molecule is CCOc1ccc(-c2c(Cl)ncn2-c2ccc(S(=O)(=O)[O-])cc2)cc1Cl.[Na+]. The van der Waals surface area contributed by atoms with E-state index >= 15 is 0 Å². The summed E-state index contributed by atoms with van der Waals surface area (Å²) in [6.45, 7) is 2.36. The molecule has 0 fully saturated rings. The summed E-state index contributed by atoms with van der Waals surface area (Å²) in [6, 6.07) is 10.7. The van der Waals surface area contributed by atoms with Gasteiger partial charge in [0, 0.05) is 11.3 Å². The first-order valence-electron chi connectivity index (χ1n) is 7.53. The normalized spacial score (nSPS) is 11.1. The van der Waals surface area contributed by atoms with Gasteiger partial charge in [-0.25, -0.2) is 13.4 Å². The van der Waals surface area contributed by atoms with E-state index in [1.54, 1.807) is 22.8 Å². The van der Waals surface area contributed by atoms with Crippen LogP contribution in [0.25, 0.3) is 16.9 Å². The molecule has 1 aromatic heterocycles. The largest absolute Gasteiger partial charge is 1.00 e. The van der Waals surface area contributed by atoms with Crippen LogP contribution >= 0.6 is 23.2 Å². The number of aromatic nitrogens is 2. The molecule has 2 aromatic carbocycles. The fraction of sp³-hybridized carbons (Fsp3) is 0.118. The fourth-order valence-electron chi connectivity index (χ4n) is 2.47. The van der Waals surface area contributed by atoms with Gasteiger partial charge in [0.1, 0.15) is 22.2 Å². The van der Waals surface area contributed by atoms with Crippen LogP contribution in [0.1, 0.15) is 6.92 Å². The van der Waals surface area contributed by atoms with Crippen LogP contribution < -0.4 is 34.3 Å². The summed E-state index contributed by atoms with van der Waals surface area (Å²) < 4.78 is 40.3. The van der Waals surface area contributed by atoms with Crippen molar-refractivity contribution in [3.63, 3.8) is 0 Å². The molecule has 3 aromatic rings. The molecule has 0 spiro atoms. The van der Waals surface area contributed by atoms with Gasteiger partial charge in [0.05, 0.1) is 22.2 Å². The molecular formula is C17H13Cl2N2NaO4S. The molecule has 0 unspecified atom stereocenters. The Bertz CT molecular complexity index is 1050. The van der Waals surface area contributed by atoms with Crippen LogP contribution in [0.4, 0.5) is 0 Å². The van der Waals surface area contributed by atoms with E-state index in [1.807, 2.05) is 6.92 Å². The predicted molar refractivity (Wildman–Crippen MR) is 98.2 cm³/mol. The third-order valence-electron chi connectivity index (χ3n) is 3.63. The standard InChI is InChI=1S/C17H14Cl2N2O4S.Na/c1-2-25-15-8-3-11(9-14(15)18)16-17(19)20-10-21(16)12-4-6-13(7-5-12)26(22,23)24;/h3-10H,2H2,1H3,(H,22,23,24);/q;+1/p-1. The molecule has 6 nitrogen and oxygen atoms in total. The first kappa shape index (κ1) is 22.2. The van der Waals surface area contributed by atoms with Crippen LogP contribution in [-0.4, -0.2) is 29.1 Å². The van der Waals surface area contributed by atoms with Crippen LogP contribution in [0, 0.1) is 0 Å². The Hall–Kier alpha value is -1.06. The number of hydrogen-bond donors (Lipinski definition) is 0. The van der Waals surface area contributed by atoms with Crippen LogP contribution in [0.2, 0.25) is 10.2 Å². The second-order valence-electron chi connectivity index (χ2n) is 5.28. The van der Waals surface area contributed by atoms with Gasteiger partial charge in [-0.3, -0.25) is 4.57 Å².